The molecular weight excluding hydrogens is 352 g/mol. The lowest BCUT2D eigenvalue weighted by Gasteiger charge is -2.45. The first-order valence-corrected chi connectivity index (χ1v) is 8.81. The average molecular weight is 371 g/mol. The molecule has 118 valence electrons. The summed E-state index contributed by atoms with van der Waals surface area (Å²) in [6.07, 6.45) is 1.79. The molecule has 0 saturated carbocycles. The third kappa shape index (κ3) is 2.36. The van der Waals surface area contributed by atoms with E-state index in [1.54, 1.807) is 0 Å². The van der Waals surface area contributed by atoms with Gasteiger partial charge in [0.15, 0.2) is 5.72 Å². The van der Waals surface area contributed by atoms with E-state index in [0.29, 0.717) is 0 Å². The molecule has 0 N–H and O–H groups in total. The van der Waals surface area contributed by atoms with Crippen molar-refractivity contribution in [3.63, 3.8) is 0 Å². The molecule has 0 aliphatic carbocycles. The van der Waals surface area contributed by atoms with Gasteiger partial charge in [0.05, 0.1) is 11.8 Å². The summed E-state index contributed by atoms with van der Waals surface area (Å²) in [6.45, 7) is 4.28. The van der Waals surface area contributed by atoms with Crippen LogP contribution in [-0.2, 0) is 0 Å². The molecule has 23 heavy (non-hydrogen) atoms. The zero-order valence-corrected chi connectivity index (χ0v) is 14.9. The first kappa shape index (κ1) is 14.8. The summed E-state index contributed by atoms with van der Waals surface area (Å²) in [4.78, 5) is 0. The van der Waals surface area contributed by atoms with Gasteiger partial charge in [0, 0.05) is 22.9 Å². The van der Waals surface area contributed by atoms with E-state index in [9.17, 15) is 0 Å². The van der Waals surface area contributed by atoms with Crippen molar-refractivity contribution in [1.82, 2.24) is 5.01 Å². The van der Waals surface area contributed by atoms with Crippen molar-refractivity contribution >= 4 is 21.6 Å². The van der Waals surface area contributed by atoms with Gasteiger partial charge in [-0.3, -0.25) is 0 Å². The van der Waals surface area contributed by atoms with Crippen LogP contribution in [0.15, 0.2) is 58.1 Å². The number of hydrazone groups is 1. The van der Waals surface area contributed by atoms with E-state index in [2.05, 4.69) is 71.2 Å². The fraction of sp³-hybridized carbons (Fsp3) is 0.316. The standard InChI is InChI=1S/C19H19BrN2O/c1-3-19(2)22-17(15-11-14(20)9-10-18(15)23-19)12-16(21-22)13-7-5-4-6-8-13/h4-11,17H,3,12H2,1-2H3/t17-,19+/m1/s1. The first-order valence-electron chi connectivity index (χ1n) is 8.01. The quantitative estimate of drug-likeness (QED) is 0.732. The van der Waals surface area contributed by atoms with Crippen LogP contribution in [0.4, 0.5) is 0 Å². The van der Waals surface area contributed by atoms with Gasteiger partial charge in [-0.15, -0.1) is 0 Å². The maximum Gasteiger partial charge on any atom is 0.195 e. The highest BCUT2D eigenvalue weighted by Crippen LogP contribution is 2.48. The number of hydrogen-bond donors (Lipinski definition) is 0. The summed E-state index contributed by atoms with van der Waals surface area (Å²) in [7, 11) is 0. The number of ether oxygens (including phenoxy) is 1. The van der Waals surface area contributed by atoms with E-state index in [1.165, 1.54) is 11.1 Å². The molecule has 0 amide bonds. The molecular formula is C19H19BrN2O. The minimum Gasteiger partial charge on any atom is -0.466 e. The Bertz CT molecular complexity index is 774. The molecule has 2 aromatic rings. The highest BCUT2D eigenvalue weighted by atomic mass is 79.9. The van der Waals surface area contributed by atoms with Crippen LogP contribution in [0.1, 0.15) is 43.9 Å². The van der Waals surface area contributed by atoms with Gasteiger partial charge >= 0.3 is 0 Å². The second-order valence-electron chi connectivity index (χ2n) is 6.29. The summed E-state index contributed by atoms with van der Waals surface area (Å²) < 4.78 is 7.40. The van der Waals surface area contributed by atoms with Crippen LogP contribution in [0.3, 0.4) is 0 Å². The van der Waals surface area contributed by atoms with E-state index < -0.39 is 5.72 Å². The minimum absolute atomic E-state index is 0.233. The Kier molecular flexibility index (Phi) is 3.45. The Morgan fingerprint density at radius 3 is 2.78 bits per heavy atom. The third-order valence-corrected chi connectivity index (χ3v) is 5.31. The lowest BCUT2D eigenvalue weighted by atomic mass is 9.94. The molecule has 2 aliphatic rings. The van der Waals surface area contributed by atoms with E-state index in [-0.39, 0.29) is 6.04 Å². The Morgan fingerprint density at radius 1 is 1.26 bits per heavy atom. The monoisotopic (exact) mass is 370 g/mol. The number of fused-ring (bicyclic) bond motifs is 3. The molecule has 0 bridgehead atoms. The number of halogens is 1. The number of nitrogens with zero attached hydrogens (tertiary/aromatic N) is 2. The second kappa shape index (κ2) is 5.38. The molecule has 2 heterocycles. The molecule has 4 heteroatoms. The zero-order valence-electron chi connectivity index (χ0n) is 13.3. The van der Waals surface area contributed by atoms with Crippen molar-refractivity contribution in [2.24, 2.45) is 5.10 Å². The van der Waals surface area contributed by atoms with Gasteiger partial charge < -0.3 is 4.74 Å². The normalized spacial score (nSPS) is 25.4. The molecule has 0 saturated heterocycles. The van der Waals surface area contributed by atoms with Gasteiger partial charge in [-0.05, 0) is 30.7 Å². The predicted molar refractivity (Wildman–Crippen MR) is 95.6 cm³/mol. The molecule has 0 spiro atoms. The summed E-state index contributed by atoms with van der Waals surface area (Å²) >= 11 is 3.58. The lowest BCUT2D eigenvalue weighted by Crippen LogP contribution is -2.50. The van der Waals surface area contributed by atoms with E-state index in [4.69, 9.17) is 9.84 Å². The van der Waals surface area contributed by atoms with Gasteiger partial charge in [0.25, 0.3) is 0 Å². The molecule has 0 unspecified atom stereocenters. The van der Waals surface area contributed by atoms with Gasteiger partial charge in [-0.25, -0.2) is 5.01 Å². The summed E-state index contributed by atoms with van der Waals surface area (Å²) in [6, 6.07) is 16.9. The topological polar surface area (TPSA) is 24.8 Å². The van der Waals surface area contributed by atoms with Crippen LogP contribution in [0.25, 0.3) is 0 Å². The third-order valence-electron chi connectivity index (χ3n) is 4.82. The molecule has 2 aromatic carbocycles. The summed E-state index contributed by atoms with van der Waals surface area (Å²) in [5, 5.41) is 7.10. The lowest BCUT2D eigenvalue weighted by molar-refractivity contribution is -0.108. The fourth-order valence-corrected chi connectivity index (χ4v) is 3.76. The molecule has 4 rings (SSSR count). The molecule has 3 nitrogen and oxygen atoms in total. The van der Waals surface area contributed by atoms with Crippen molar-refractivity contribution in [3.05, 3.63) is 64.1 Å². The number of rotatable bonds is 2. The highest BCUT2D eigenvalue weighted by molar-refractivity contribution is 9.10. The van der Waals surface area contributed by atoms with Gasteiger partial charge in [0.1, 0.15) is 5.75 Å². The Balaban J connectivity index is 1.80. The maximum absolute atomic E-state index is 6.32. The number of hydrogen-bond acceptors (Lipinski definition) is 3. The SMILES string of the molecule is CC[C@]1(C)Oc2ccc(Br)cc2[C@H]2CC(c3ccccc3)=NN21. The van der Waals surface area contributed by atoms with Crippen molar-refractivity contribution in [3.8, 4) is 5.75 Å². The van der Waals surface area contributed by atoms with Gasteiger partial charge in [-0.1, -0.05) is 53.2 Å². The van der Waals surface area contributed by atoms with Crippen molar-refractivity contribution < 1.29 is 4.74 Å². The molecule has 0 radical (unpaired) electrons. The minimum atomic E-state index is -0.401. The van der Waals surface area contributed by atoms with Crippen LogP contribution in [0.2, 0.25) is 0 Å². The maximum atomic E-state index is 6.32. The van der Waals surface area contributed by atoms with Gasteiger partial charge in [-0.2, -0.15) is 5.10 Å². The van der Waals surface area contributed by atoms with E-state index in [0.717, 1.165) is 28.8 Å². The average Bonchev–Trinajstić information content (AvgIpc) is 3.03. The summed E-state index contributed by atoms with van der Waals surface area (Å²) in [5.74, 6) is 0.975. The van der Waals surface area contributed by atoms with Crippen LogP contribution < -0.4 is 4.74 Å². The largest absolute Gasteiger partial charge is 0.466 e. The van der Waals surface area contributed by atoms with E-state index in [1.807, 2.05) is 12.1 Å². The van der Waals surface area contributed by atoms with Crippen LogP contribution in [0.5, 0.6) is 5.75 Å². The van der Waals surface area contributed by atoms with Gasteiger partial charge in [0.2, 0.25) is 0 Å². The van der Waals surface area contributed by atoms with Crippen molar-refractivity contribution in [2.75, 3.05) is 0 Å². The molecule has 2 aliphatic heterocycles. The van der Waals surface area contributed by atoms with Crippen molar-refractivity contribution in [2.45, 2.75) is 38.5 Å². The predicted octanol–water partition coefficient (Wildman–Crippen LogP) is 5.12. The van der Waals surface area contributed by atoms with Crippen molar-refractivity contribution in [1.29, 1.82) is 0 Å². The Labute approximate surface area is 145 Å². The van der Waals surface area contributed by atoms with Crippen LogP contribution >= 0.6 is 15.9 Å². The Hall–Kier alpha value is -1.81. The van der Waals surface area contributed by atoms with Crippen LogP contribution in [0, 0.1) is 0 Å². The number of benzene rings is 2. The summed E-state index contributed by atoms with van der Waals surface area (Å²) in [5.41, 5.74) is 3.13. The second-order valence-corrected chi connectivity index (χ2v) is 7.21. The smallest absolute Gasteiger partial charge is 0.195 e. The first-order chi connectivity index (χ1) is 11.1. The molecule has 2 atom stereocenters. The van der Waals surface area contributed by atoms with E-state index >= 15 is 0 Å². The zero-order chi connectivity index (χ0) is 16.0. The fourth-order valence-electron chi connectivity index (χ4n) is 3.38. The molecule has 0 fully saturated rings. The highest BCUT2D eigenvalue weighted by Gasteiger charge is 2.46. The Morgan fingerprint density at radius 2 is 2.04 bits per heavy atom. The van der Waals surface area contributed by atoms with Crippen LogP contribution in [-0.4, -0.2) is 16.4 Å². The molecule has 0 aromatic heterocycles.